The maximum atomic E-state index is 3.71. The number of alkyl halides is 1. The first-order chi connectivity index (χ1) is 4.77. The normalized spacial score (nSPS) is 43.6. The van der Waals surface area contributed by atoms with Gasteiger partial charge >= 0.3 is 0 Å². The minimum atomic E-state index is 0. The molecule has 0 N–H and O–H groups in total. The van der Waals surface area contributed by atoms with Gasteiger partial charge in [-0.05, 0) is 32.7 Å². The molecule has 3 heteroatoms. The van der Waals surface area contributed by atoms with Gasteiger partial charge in [-0.15, -0.1) is 17.0 Å². The molecule has 2 aliphatic heterocycles. The molecule has 2 saturated heterocycles. The molecule has 1 nitrogen and oxygen atoms in total. The molecule has 2 fully saturated rings. The van der Waals surface area contributed by atoms with Crippen molar-refractivity contribution in [2.24, 2.45) is 0 Å². The summed E-state index contributed by atoms with van der Waals surface area (Å²) in [7, 11) is 2.28. The van der Waals surface area contributed by atoms with Crippen molar-refractivity contribution in [2.75, 3.05) is 7.05 Å². The minimum absolute atomic E-state index is 0. The third kappa shape index (κ3) is 1.81. The summed E-state index contributed by atoms with van der Waals surface area (Å²) in [5.41, 5.74) is 0. The molecule has 0 aromatic carbocycles. The Labute approximate surface area is 87.4 Å². The Hall–Kier alpha value is 0.920. The standard InChI is InChI=1S/C8H14BrN.BrH/c1-10-7-2-3-8(10)5-6(9)4-7;/h6-8H,2-5H2,1H3;1H. The molecule has 2 rings (SSSR count). The molecule has 2 atom stereocenters. The number of nitrogens with zero attached hydrogens (tertiary/aromatic N) is 1. The van der Waals surface area contributed by atoms with E-state index in [1.807, 2.05) is 0 Å². The average Bonchev–Trinajstić information content (AvgIpc) is 2.20. The van der Waals surface area contributed by atoms with Crippen LogP contribution < -0.4 is 0 Å². The lowest BCUT2D eigenvalue weighted by molar-refractivity contribution is 0.184. The highest BCUT2D eigenvalue weighted by Gasteiger charge is 2.37. The van der Waals surface area contributed by atoms with Gasteiger partial charge in [-0.2, -0.15) is 0 Å². The molecule has 0 spiro atoms. The van der Waals surface area contributed by atoms with Crippen molar-refractivity contribution in [1.29, 1.82) is 0 Å². The molecule has 0 aromatic rings. The Balaban J connectivity index is 0.000000605. The van der Waals surface area contributed by atoms with Crippen LogP contribution in [0.2, 0.25) is 0 Å². The van der Waals surface area contributed by atoms with Crippen LogP contribution in [0, 0.1) is 0 Å². The van der Waals surface area contributed by atoms with E-state index in [2.05, 4.69) is 27.9 Å². The first kappa shape index (κ1) is 10.0. The Bertz CT molecular complexity index is 126. The van der Waals surface area contributed by atoms with Crippen molar-refractivity contribution >= 4 is 32.9 Å². The number of hydrogen-bond donors (Lipinski definition) is 0. The van der Waals surface area contributed by atoms with Gasteiger partial charge in [0.1, 0.15) is 0 Å². The van der Waals surface area contributed by atoms with Crippen LogP contribution in [0.5, 0.6) is 0 Å². The van der Waals surface area contributed by atoms with Crippen LogP contribution in [-0.2, 0) is 0 Å². The van der Waals surface area contributed by atoms with Crippen LogP contribution >= 0.6 is 32.9 Å². The molecule has 0 aliphatic carbocycles. The number of halogens is 2. The molecule has 66 valence electrons. The third-order valence-electron chi connectivity index (χ3n) is 3.04. The lowest BCUT2D eigenvalue weighted by Gasteiger charge is -2.33. The average molecular weight is 285 g/mol. The zero-order chi connectivity index (χ0) is 7.14. The predicted molar refractivity (Wildman–Crippen MR) is 56.8 cm³/mol. The molecule has 2 heterocycles. The van der Waals surface area contributed by atoms with Gasteiger partial charge in [0.15, 0.2) is 0 Å². The fourth-order valence-electron chi connectivity index (χ4n) is 2.35. The zero-order valence-corrected chi connectivity index (χ0v) is 10.1. The largest absolute Gasteiger partial charge is 0.300 e. The minimum Gasteiger partial charge on any atom is -0.300 e. The van der Waals surface area contributed by atoms with E-state index < -0.39 is 0 Å². The molecular formula is C8H15Br2N. The van der Waals surface area contributed by atoms with Gasteiger partial charge < -0.3 is 4.90 Å². The lowest BCUT2D eigenvalue weighted by Crippen LogP contribution is -2.40. The summed E-state index contributed by atoms with van der Waals surface area (Å²) in [6, 6.07) is 1.78. The van der Waals surface area contributed by atoms with Crippen LogP contribution in [-0.4, -0.2) is 28.9 Å². The van der Waals surface area contributed by atoms with Crippen molar-refractivity contribution in [2.45, 2.75) is 42.6 Å². The smallest absolute Gasteiger partial charge is 0.0175 e. The zero-order valence-electron chi connectivity index (χ0n) is 6.79. The van der Waals surface area contributed by atoms with Crippen molar-refractivity contribution in [3.8, 4) is 0 Å². The summed E-state index contributed by atoms with van der Waals surface area (Å²) in [4.78, 5) is 3.37. The van der Waals surface area contributed by atoms with Crippen LogP contribution in [0.25, 0.3) is 0 Å². The van der Waals surface area contributed by atoms with Crippen molar-refractivity contribution in [1.82, 2.24) is 4.90 Å². The fourth-order valence-corrected chi connectivity index (χ4v) is 3.21. The summed E-state index contributed by atoms with van der Waals surface area (Å²) in [5.74, 6) is 0. The van der Waals surface area contributed by atoms with Crippen LogP contribution in [0.3, 0.4) is 0 Å². The molecule has 2 bridgehead atoms. The molecule has 0 amide bonds. The van der Waals surface area contributed by atoms with Gasteiger partial charge in [-0.25, -0.2) is 0 Å². The number of rotatable bonds is 0. The second-order valence-corrected chi connectivity index (χ2v) is 4.91. The van der Waals surface area contributed by atoms with Crippen LogP contribution in [0.15, 0.2) is 0 Å². The van der Waals surface area contributed by atoms with Crippen molar-refractivity contribution < 1.29 is 0 Å². The molecule has 2 aliphatic rings. The Kier molecular flexibility index (Phi) is 3.41. The summed E-state index contributed by atoms with van der Waals surface area (Å²) >= 11 is 3.71. The van der Waals surface area contributed by atoms with E-state index in [1.54, 1.807) is 0 Å². The predicted octanol–water partition coefficient (Wildman–Crippen LogP) is 2.58. The second kappa shape index (κ2) is 3.75. The SMILES string of the molecule is Br.CN1C2CCC1CC(Br)C2. The van der Waals surface area contributed by atoms with E-state index in [-0.39, 0.29) is 17.0 Å². The first-order valence-electron chi connectivity index (χ1n) is 4.13. The molecule has 0 saturated carbocycles. The first-order valence-corrected chi connectivity index (χ1v) is 5.05. The van der Waals surface area contributed by atoms with Crippen LogP contribution in [0.1, 0.15) is 25.7 Å². The summed E-state index contributed by atoms with van der Waals surface area (Å²) in [6.45, 7) is 0. The highest BCUT2D eigenvalue weighted by Crippen LogP contribution is 2.36. The van der Waals surface area contributed by atoms with E-state index >= 15 is 0 Å². The third-order valence-corrected chi connectivity index (χ3v) is 3.79. The van der Waals surface area contributed by atoms with Crippen molar-refractivity contribution in [3.63, 3.8) is 0 Å². The molecule has 2 unspecified atom stereocenters. The van der Waals surface area contributed by atoms with Crippen LogP contribution in [0.4, 0.5) is 0 Å². The van der Waals surface area contributed by atoms with Gasteiger partial charge in [0.05, 0.1) is 0 Å². The van der Waals surface area contributed by atoms with E-state index in [0.29, 0.717) is 0 Å². The van der Waals surface area contributed by atoms with E-state index in [0.717, 1.165) is 16.9 Å². The van der Waals surface area contributed by atoms with Crippen molar-refractivity contribution in [3.05, 3.63) is 0 Å². The molecule has 11 heavy (non-hydrogen) atoms. The monoisotopic (exact) mass is 283 g/mol. The summed E-state index contributed by atoms with van der Waals surface area (Å²) < 4.78 is 0. The summed E-state index contributed by atoms with van der Waals surface area (Å²) in [5, 5.41) is 0. The molecule has 0 radical (unpaired) electrons. The second-order valence-electron chi connectivity index (χ2n) is 3.62. The van der Waals surface area contributed by atoms with Gasteiger partial charge in [0.2, 0.25) is 0 Å². The van der Waals surface area contributed by atoms with Gasteiger partial charge in [0, 0.05) is 16.9 Å². The maximum absolute atomic E-state index is 3.71. The van der Waals surface area contributed by atoms with Gasteiger partial charge in [-0.1, -0.05) is 15.9 Å². The highest BCUT2D eigenvalue weighted by atomic mass is 79.9. The van der Waals surface area contributed by atoms with Gasteiger partial charge in [0.25, 0.3) is 0 Å². The van der Waals surface area contributed by atoms with E-state index in [9.17, 15) is 0 Å². The van der Waals surface area contributed by atoms with Gasteiger partial charge in [-0.3, -0.25) is 0 Å². The Morgan fingerprint density at radius 1 is 1.18 bits per heavy atom. The topological polar surface area (TPSA) is 3.24 Å². The number of hydrogen-bond acceptors (Lipinski definition) is 1. The fraction of sp³-hybridized carbons (Fsp3) is 1.00. The molecular weight excluding hydrogens is 270 g/mol. The highest BCUT2D eigenvalue weighted by molar-refractivity contribution is 9.09. The maximum Gasteiger partial charge on any atom is 0.0175 e. The Morgan fingerprint density at radius 2 is 1.64 bits per heavy atom. The number of fused-ring (bicyclic) bond motifs is 2. The quantitative estimate of drug-likeness (QED) is 0.618. The lowest BCUT2D eigenvalue weighted by atomic mass is 10.0. The summed E-state index contributed by atoms with van der Waals surface area (Å²) in [6.07, 6.45) is 5.60. The Morgan fingerprint density at radius 3 is 2.09 bits per heavy atom. The van der Waals surface area contributed by atoms with E-state index in [4.69, 9.17) is 0 Å². The molecule has 0 aromatic heterocycles. The number of piperidine rings is 1. The van der Waals surface area contributed by atoms with E-state index in [1.165, 1.54) is 25.7 Å².